The molecule has 0 aliphatic heterocycles. The van der Waals surface area contributed by atoms with E-state index >= 15 is 0 Å². The van der Waals surface area contributed by atoms with E-state index in [-0.39, 0.29) is 23.7 Å². The summed E-state index contributed by atoms with van der Waals surface area (Å²) in [7, 11) is 0. The quantitative estimate of drug-likeness (QED) is 0.412. The molecule has 3 aromatic heterocycles. The van der Waals surface area contributed by atoms with Gasteiger partial charge in [-0.15, -0.1) is 0 Å². The van der Waals surface area contributed by atoms with Crippen molar-refractivity contribution in [2.75, 3.05) is 5.73 Å². The summed E-state index contributed by atoms with van der Waals surface area (Å²) in [4.78, 5) is 26.8. The topological polar surface area (TPSA) is 149 Å². The predicted molar refractivity (Wildman–Crippen MR) is 99.8 cm³/mol. The number of fused-ring (bicyclic) bond motifs is 1. The predicted octanol–water partition coefficient (Wildman–Crippen LogP) is 2.44. The Labute approximate surface area is 162 Å². The number of hydrogen-bond acceptors (Lipinski definition) is 8. The van der Waals surface area contributed by atoms with E-state index in [4.69, 9.17) is 11.0 Å². The van der Waals surface area contributed by atoms with Gasteiger partial charge in [0.05, 0.1) is 29.4 Å². The van der Waals surface area contributed by atoms with Crippen LogP contribution in [0.4, 0.5) is 16.0 Å². The highest BCUT2D eigenvalue weighted by molar-refractivity contribution is 5.88. The number of imidazole rings is 1. The summed E-state index contributed by atoms with van der Waals surface area (Å²) in [5.74, 6) is -0.741. The summed E-state index contributed by atoms with van der Waals surface area (Å²) in [5, 5.41) is 19.9. The molecule has 0 aliphatic rings. The Morgan fingerprint density at radius 1 is 1.28 bits per heavy atom. The Morgan fingerprint density at radius 2 is 2.10 bits per heavy atom. The Kier molecular flexibility index (Phi) is 4.28. The van der Waals surface area contributed by atoms with Crippen LogP contribution >= 0.6 is 0 Å². The minimum Gasteiger partial charge on any atom is -0.368 e. The van der Waals surface area contributed by atoms with Crippen LogP contribution in [0.1, 0.15) is 11.1 Å². The van der Waals surface area contributed by atoms with Crippen LogP contribution in [0, 0.1) is 27.3 Å². The molecule has 0 unspecified atom stereocenters. The lowest BCUT2D eigenvalue weighted by Gasteiger charge is -2.07. The third-order valence-corrected chi connectivity index (χ3v) is 4.21. The fourth-order valence-corrected chi connectivity index (χ4v) is 2.87. The van der Waals surface area contributed by atoms with E-state index < -0.39 is 10.7 Å². The second-order valence-electron chi connectivity index (χ2n) is 6.08. The van der Waals surface area contributed by atoms with Crippen LogP contribution in [0.2, 0.25) is 0 Å². The molecule has 29 heavy (non-hydrogen) atoms. The first kappa shape index (κ1) is 17.9. The summed E-state index contributed by atoms with van der Waals surface area (Å²) >= 11 is 0. The summed E-state index contributed by atoms with van der Waals surface area (Å²) in [6.07, 6.45) is 4.39. The van der Waals surface area contributed by atoms with Crippen LogP contribution in [0.15, 0.2) is 43.0 Å². The number of non-ortho nitro benzene ring substituents is 1. The number of nitro benzene ring substituents is 1. The van der Waals surface area contributed by atoms with Crippen molar-refractivity contribution in [1.29, 1.82) is 5.26 Å². The number of nitrogens with zero attached hydrogens (tertiary/aromatic N) is 7. The van der Waals surface area contributed by atoms with Gasteiger partial charge < -0.3 is 10.3 Å². The van der Waals surface area contributed by atoms with Crippen LogP contribution in [0.25, 0.3) is 22.4 Å². The number of hydrogen-bond donors (Lipinski definition) is 1. The molecule has 0 bridgehead atoms. The number of nitrogens with two attached hydrogens (primary N) is 1. The molecule has 3 heterocycles. The molecule has 0 radical (unpaired) electrons. The Hall–Kier alpha value is -4.46. The minimum absolute atomic E-state index is 0.0271. The van der Waals surface area contributed by atoms with E-state index in [1.807, 2.05) is 6.07 Å². The highest BCUT2D eigenvalue weighted by atomic mass is 19.1. The van der Waals surface area contributed by atoms with Gasteiger partial charge in [-0.1, -0.05) is 0 Å². The van der Waals surface area contributed by atoms with Crippen LogP contribution in [-0.4, -0.2) is 29.4 Å². The van der Waals surface area contributed by atoms with Crippen LogP contribution in [-0.2, 0) is 6.54 Å². The van der Waals surface area contributed by atoms with Crippen molar-refractivity contribution in [3.8, 4) is 17.3 Å². The normalized spacial score (nSPS) is 10.8. The molecule has 0 atom stereocenters. The van der Waals surface area contributed by atoms with Crippen molar-refractivity contribution in [3.63, 3.8) is 0 Å². The fourth-order valence-electron chi connectivity index (χ4n) is 2.87. The van der Waals surface area contributed by atoms with E-state index in [0.29, 0.717) is 28.0 Å². The zero-order valence-electron chi connectivity index (χ0n) is 14.7. The van der Waals surface area contributed by atoms with E-state index in [2.05, 4.69) is 19.9 Å². The Bertz CT molecular complexity index is 1310. The smallest absolute Gasteiger partial charge is 0.272 e. The standard InChI is InChI=1S/C18H11FN8O2/c19-14-4-13(27(28)29)2-1-11(14)8-26-9-23-16-15(24-18(21)25-17(16)26)12-3-10(5-20)6-22-7-12/h1-4,6-7,9H,8H2,(H2,21,24,25). The molecule has 0 amide bonds. The van der Waals surface area contributed by atoms with Gasteiger partial charge in [0.1, 0.15) is 23.1 Å². The lowest BCUT2D eigenvalue weighted by molar-refractivity contribution is -0.385. The molecule has 0 aliphatic carbocycles. The summed E-state index contributed by atoms with van der Waals surface area (Å²) in [6, 6.07) is 7.03. The van der Waals surface area contributed by atoms with E-state index in [9.17, 15) is 14.5 Å². The van der Waals surface area contributed by atoms with Crippen molar-refractivity contribution in [2.45, 2.75) is 6.54 Å². The SMILES string of the molecule is N#Cc1cncc(-c2nc(N)nc3c2ncn3Cc2ccc([N+](=O)[O-])cc2F)c1. The van der Waals surface area contributed by atoms with Gasteiger partial charge in [-0.05, 0) is 12.1 Å². The maximum Gasteiger partial charge on any atom is 0.272 e. The van der Waals surface area contributed by atoms with Crippen molar-refractivity contribution < 1.29 is 9.31 Å². The number of halogens is 1. The van der Waals surface area contributed by atoms with Gasteiger partial charge in [0.15, 0.2) is 5.65 Å². The van der Waals surface area contributed by atoms with Crippen LogP contribution in [0.3, 0.4) is 0 Å². The molecule has 2 N–H and O–H groups in total. The summed E-state index contributed by atoms with van der Waals surface area (Å²) in [6.45, 7) is 0.0344. The van der Waals surface area contributed by atoms with Crippen molar-refractivity contribution in [2.24, 2.45) is 0 Å². The van der Waals surface area contributed by atoms with Gasteiger partial charge in [0, 0.05) is 29.6 Å². The van der Waals surface area contributed by atoms with Gasteiger partial charge >= 0.3 is 0 Å². The lowest BCUT2D eigenvalue weighted by Crippen LogP contribution is -2.05. The number of benzene rings is 1. The summed E-state index contributed by atoms with van der Waals surface area (Å²) in [5.41, 5.74) is 7.76. The van der Waals surface area contributed by atoms with Crippen molar-refractivity contribution in [3.05, 3.63) is 70.0 Å². The third kappa shape index (κ3) is 3.30. The van der Waals surface area contributed by atoms with Crippen molar-refractivity contribution in [1.82, 2.24) is 24.5 Å². The molecule has 142 valence electrons. The fraction of sp³-hybridized carbons (Fsp3) is 0.0556. The van der Waals surface area contributed by atoms with Gasteiger partial charge in [-0.3, -0.25) is 15.1 Å². The average molecular weight is 390 g/mol. The van der Waals surface area contributed by atoms with E-state index in [1.165, 1.54) is 30.9 Å². The molecule has 4 rings (SSSR count). The maximum atomic E-state index is 14.3. The lowest BCUT2D eigenvalue weighted by atomic mass is 10.1. The first-order valence-corrected chi connectivity index (χ1v) is 8.23. The first-order chi connectivity index (χ1) is 14.0. The number of nitro groups is 1. The summed E-state index contributed by atoms with van der Waals surface area (Å²) < 4.78 is 15.8. The molecule has 4 aromatic rings. The molecule has 1 aromatic carbocycles. The third-order valence-electron chi connectivity index (χ3n) is 4.21. The van der Waals surface area contributed by atoms with Crippen LogP contribution < -0.4 is 5.73 Å². The highest BCUT2D eigenvalue weighted by Crippen LogP contribution is 2.27. The molecular weight excluding hydrogens is 379 g/mol. The monoisotopic (exact) mass is 390 g/mol. The molecule has 0 saturated carbocycles. The number of nitrogen functional groups attached to an aromatic ring is 1. The number of nitriles is 1. The van der Waals surface area contributed by atoms with Gasteiger partial charge in [0.25, 0.3) is 5.69 Å². The minimum atomic E-state index is -0.714. The van der Waals surface area contributed by atoms with Gasteiger partial charge in [0.2, 0.25) is 5.95 Å². The Morgan fingerprint density at radius 3 is 2.83 bits per heavy atom. The van der Waals surface area contributed by atoms with Gasteiger partial charge in [-0.25, -0.2) is 14.4 Å². The number of pyridine rings is 1. The average Bonchev–Trinajstić information content (AvgIpc) is 3.11. The second kappa shape index (κ2) is 6.93. The Balaban J connectivity index is 1.79. The molecule has 0 fully saturated rings. The first-order valence-electron chi connectivity index (χ1n) is 8.23. The van der Waals surface area contributed by atoms with Crippen LogP contribution in [0.5, 0.6) is 0 Å². The largest absolute Gasteiger partial charge is 0.368 e. The van der Waals surface area contributed by atoms with Gasteiger partial charge in [-0.2, -0.15) is 10.2 Å². The highest BCUT2D eigenvalue weighted by Gasteiger charge is 2.17. The molecular formula is C18H11FN8O2. The van der Waals surface area contributed by atoms with E-state index in [1.54, 1.807) is 10.6 Å². The van der Waals surface area contributed by atoms with E-state index in [0.717, 1.165) is 6.07 Å². The molecule has 11 heteroatoms. The molecule has 10 nitrogen and oxygen atoms in total. The van der Waals surface area contributed by atoms with Crippen molar-refractivity contribution >= 4 is 22.8 Å². The zero-order valence-corrected chi connectivity index (χ0v) is 14.7. The second-order valence-corrected chi connectivity index (χ2v) is 6.08. The number of aromatic nitrogens is 5. The molecule has 0 saturated heterocycles. The number of rotatable bonds is 4. The number of anilines is 1. The maximum absolute atomic E-state index is 14.3. The molecule has 0 spiro atoms. The zero-order chi connectivity index (χ0) is 20.5.